The number of carbonyl (C=O) groups is 1. The minimum Gasteiger partial charge on any atom is -0.493 e. The van der Waals surface area contributed by atoms with Crippen LogP contribution in [0.5, 0.6) is 5.75 Å². The molecule has 1 unspecified atom stereocenters. The first-order valence-electron chi connectivity index (χ1n) is 11.2. The van der Waals surface area contributed by atoms with E-state index >= 15 is 0 Å². The summed E-state index contributed by atoms with van der Waals surface area (Å²) in [6.07, 6.45) is 3.99. The summed E-state index contributed by atoms with van der Waals surface area (Å²) in [6, 6.07) is 16.1. The van der Waals surface area contributed by atoms with Gasteiger partial charge in [0.15, 0.2) is 0 Å². The zero-order valence-corrected chi connectivity index (χ0v) is 18.1. The summed E-state index contributed by atoms with van der Waals surface area (Å²) in [5.41, 5.74) is 2.65. The van der Waals surface area contributed by atoms with Crippen molar-refractivity contribution in [3.05, 3.63) is 54.1 Å². The highest BCUT2D eigenvalue weighted by atomic mass is 16.5. The van der Waals surface area contributed by atoms with E-state index in [1.54, 1.807) is 12.1 Å². The first-order chi connectivity index (χ1) is 14.6. The molecule has 1 saturated heterocycles. The number of hydrogen-bond donors (Lipinski definition) is 2. The summed E-state index contributed by atoms with van der Waals surface area (Å²) in [5.74, 6) is 2.08. The molecule has 2 N–H and O–H groups in total. The van der Waals surface area contributed by atoms with Crippen LogP contribution in [-0.2, 0) is 0 Å². The van der Waals surface area contributed by atoms with Gasteiger partial charge in [-0.1, -0.05) is 13.8 Å². The summed E-state index contributed by atoms with van der Waals surface area (Å²) < 4.78 is 5.68. The van der Waals surface area contributed by atoms with Crippen LogP contribution in [0.2, 0.25) is 0 Å². The number of anilines is 2. The molecule has 1 heterocycles. The minimum absolute atomic E-state index is 0.108. The number of nitrogens with one attached hydrogen (secondary N) is 2. The maximum absolute atomic E-state index is 12.5. The van der Waals surface area contributed by atoms with Gasteiger partial charge in [0, 0.05) is 36.1 Å². The Labute approximate surface area is 179 Å². The molecule has 5 heteroatoms. The molecule has 5 nitrogen and oxygen atoms in total. The molecular weight excluding hydrogens is 374 g/mol. The topological polar surface area (TPSA) is 53.6 Å². The monoisotopic (exact) mass is 407 g/mol. The predicted molar refractivity (Wildman–Crippen MR) is 123 cm³/mol. The Hall–Kier alpha value is -2.53. The van der Waals surface area contributed by atoms with Gasteiger partial charge in [0.2, 0.25) is 0 Å². The van der Waals surface area contributed by atoms with E-state index in [0.717, 1.165) is 30.4 Å². The molecule has 0 aromatic heterocycles. The summed E-state index contributed by atoms with van der Waals surface area (Å²) in [7, 11) is 0. The van der Waals surface area contributed by atoms with Crippen molar-refractivity contribution in [2.24, 2.45) is 11.8 Å². The van der Waals surface area contributed by atoms with Crippen LogP contribution in [0.25, 0.3) is 0 Å². The maximum Gasteiger partial charge on any atom is 0.255 e. The lowest BCUT2D eigenvalue weighted by atomic mass is 10.2. The molecule has 4 rings (SSSR count). The second-order valence-electron chi connectivity index (χ2n) is 9.01. The van der Waals surface area contributed by atoms with Crippen LogP contribution in [-0.4, -0.2) is 38.2 Å². The summed E-state index contributed by atoms with van der Waals surface area (Å²) in [5, 5.41) is 6.69. The van der Waals surface area contributed by atoms with Gasteiger partial charge in [-0.2, -0.15) is 0 Å². The molecule has 160 valence electrons. The zero-order valence-electron chi connectivity index (χ0n) is 18.1. The fourth-order valence-corrected chi connectivity index (χ4v) is 3.74. The third-order valence-corrected chi connectivity index (χ3v) is 5.77. The van der Waals surface area contributed by atoms with E-state index < -0.39 is 0 Å². The van der Waals surface area contributed by atoms with Gasteiger partial charge in [0.25, 0.3) is 5.91 Å². The Morgan fingerprint density at radius 2 is 1.80 bits per heavy atom. The van der Waals surface area contributed by atoms with Crippen molar-refractivity contribution >= 4 is 17.3 Å². The van der Waals surface area contributed by atoms with Crippen molar-refractivity contribution in [2.75, 3.05) is 36.5 Å². The maximum atomic E-state index is 12.5. The second kappa shape index (κ2) is 9.52. The van der Waals surface area contributed by atoms with E-state index in [1.807, 2.05) is 24.3 Å². The average Bonchev–Trinajstić information content (AvgIpc) is 3.47. The fraction of sp³-hybridized carbons (Fsp3) is 0.480. The third kappa shape index (κ3) is 5.76. The molecule has 0 spiro atoms. The lowest BCUT2D eigenvalue weighted by molar-refractivity contribution is 0.102. The number of nitrogens with zero attached hydrogens (tertiary/aromatic N) is 1. The summed E-state index contributed by atoms with van der Waals surface area (Å²) in [4.78, 5) is 15.0. The molecule has 1 aliphatic heterocycles. The number of ether oxygens (including phenoxy) is 1. The quantitative estimate of drug-likeness (QED) is 0.640. The van der Waals surface area contributed by atoms with Gasteiger partial charge in [-0.15, -0.1) is 0 Å². The van der Waals surface area contributed by atoms with E-state index in [2.05, 4.69) is 41.5 Å². The van der Waals surface area contributed by atoms with E-state index in [-0.39, 0.29) is 5.91 Å². The molecule has 30 heavy (non-hydrogen) atoms. The number of amides is 1. The minimum atomic E-state index is -0.108. The molecular formula is C25H33N3O2. The molecule has 0 bridgehead atoms. The highest BCUT2D eigenvalue weighted by Crippen LogP contribution is 2.28. The van der Waals surface area contributed by atoms with Crippen LogP contribution >= 0.6 is 0 Å². The van der Waals surface area contributed by atoms with Gasteiger partial charge in [0.05, 0.1) is 6.61 Å². The van der Waals surface area contributed by atoms with Gasteiger partial charge >= 0.3 is 0 Å². The molecule has 0 radical (unpaired) electrons. The van der Waals surface area contributed by atoms with Crippen LogP contribution in [0.3, 0.4) is 0 Å². The molecule has 2 aromatic rings. The van der Waals surface area contributed by atoms with Gasteiger partial charge in [0.1, 0.15) is 5.75 Å². The Balaban J connectivity index is 1.27. The predicted octanol–water partition coefficient (Wildman–Crippen LogP) is 4.55. The van der Waals surface area contributed by atoms with Crippen molar-refractivity contribution in [3.63, 3.8) is 0 Å². The largest absolute Gasteiger partial charge is 0.493 e. The van der Waals surface area contributed by atoms with Crippen molar-refractivity contribution in [2.45, 2.75) is 39.2 Å². The first kappa shape index (κ1) is 20.7. The normalized spacial score (nSPS) is 18.6. The zero-order chi connectivity index (χ0) is 20.9. The van der Waals surface area contributed by atoms with E-state index in [4.69, 9.17) is 4.74 Å². The smallest absolute Gasteiger partial charge is 0.255 e. The highest BCUT2D eigenvalue weighted by molar-refractivity contribution is 6.04. The Morgan fingerprint density at radius 1 is 1.07 bits per heavy atom. The van der Waals surface area contributed by atoms with Crippen LogP contribution < -0.4 is 20.3 Å². The van der Waals surface area contributed by atoms with Gasteiger partial charge in [-0.05, 0) is 86.2 Å². The Kier molecular flexibility index (Phi) is 6.58. The molecule has 2 aromatic carbocycles. The van der Waals surface area contributed by atoms with Crippen LogP contribution in [0.15, 0.2) is 48.5 Å². The van der Waals surface area contributed by atoms with Crippen LogP contribution in [0.1, 0.15) is 43.5 Å². The van der Waals surface area contributed by atoms with E-state index in [0.29, 0.717) is 24.1 Å². The Morgan fingerprint density at radius 3 is 2.47 bits per heavy atom. The summed E-state index contributed by atoms with van der Waals surface area (Å²) in [6.45, 7) is 8.21. The van der Waals surface area contributed by atoms with Gasteiger partial charge in [-0.3, -0.25) is 4.79 Å². The van der Waals surface area contributed by atoms with E-state index in [1.165, 1.54) is 31.5 Å². The Bertz CT molecular complexity index is 828. The van der Waals surface area contributed by atoms with Gasteiger partial charge < -0.3 is 20.3 Å². The molecule has 2 fully saturated rings. The molecule has 1 atom stereocenters. The lowest BCUT2D eigenvalue weighted by Gasteiger charge is -2.19. The molecule has 1 amide bonds. The number of carbonyl (C=O) groups excluding carboxylic acids is 1. The standard InChI is InChI=1S/C25H33N3O2/c1-18(2)17-30-24-11-5-20(6-12-24)25(29)27-21-7-9-23(10-8-21)28-14-13-22(16-28)26-15-19-3-4-19/h5-12,18-19,22,26H,3-4,13-17H2,1-2H3,(H,27,29). The number of benzene rings is 2. The SMILES string of the molecule is CC(C)COc1ccc(C(=O)Nc2ccc(N3CCC(NCC4CC4)C3)cc2)cc1. The van der Waals surface area contributed by atoms with Crippen LogP contribution in [0, 0.1) is 11.8 Å². The fourth-order valence-electron chi connectivity index (χ4n) is 3.74. The number of hydrogen-bond acceptors (Lipinski definition) is 4. The van der Waals surface area contributed by atoms with Gasteiger partial charge in [-0.25, -0.2) is 0 Å². The first-order valence-corrected chi connectivity index (χ1v) is 11.2. The van der Waals surface area contributed by atoms with Crippen LogP contribution in [0.4, 0.5) is 11.4 Å². The van der Waals surface area contributed by atoms with E-state index in [9.17, 15) is 4.79 Å². The van der Waals surface area contributed by atoms with Crippen molar-refractivity contribution in [1.82, 2.24) is 5.32 Å². The summed E-state index contributed by atoms with van der Waals surface area (Å²) >= 11 is 0. The van der Waals surface area contributed by atoms with Crippen molar-refractivity contribution < 1.29 is 9.53 Å². The molecule has 2 aliphatic rings. The highest BCUT2D eigenvalue weighted by Gasteiger charge is 2.26. The third-order valence-electron chi connectivity index (χ3n) is 5.77. The number of rotatable bonds is 9. The lowest BCUT2D eigenvalue weighted by Crippen LogP contribution is -2.33. The molecule has 1 saturated carbocycles. The van der Waals surface area contributed by atoms with Crippen molar-refractivity contribution in [1.29, 1.82) is 0 Å². The second-order valence-corrected chi connectivity index (χ2v) is 9.01. The molecule has 1 aliphatic carbocycles. The average molecular weight is 408 g/mol. The van der Waals surface area contributed by atoms with Crippen molar-refractivity contribution in [3.8, 4) is 5.75 Å².